The summed E-state index contributed by atoms with van der Waals surface area (Å²) in [5.74, 6) is -0.385. The predicted octanol–water partition coefficient (Wildman–Crippen LogP) is 2.83. The molecule has 0 aliphatic rings. The lowest BCUT2D eigenvalue weighted by Crippen LogP contribution is -2.01. The number of hydrogen-bond donors (Lipinski definition) is 0. The number of ketones is 1. The number of nitrogens with zero attached hydrogens (tertiary/aromatic N) is 1. The van der Waals surface area contributed by atoms with Gasteiger partial charge in [0.25, 0.3) is 5.69 Å². The van der Waals surface area contributed by atoms with E-state index in [0.29, 0.717) is 5.56 Å². The maximum absolute atomic E-state index is 12.1. The van der Waals surface area contributed by atoms with Gasteiger partial charge in [-0.15, -0.1) is 0 Å². The van der Waals surface area contributed by atoms with Crippen LogP contribution in [0, 0.1) is 10.1 Å². The zero-order chi connectivity index (χ0) is 13.1. The lowest BCUT2D eigenvalue weighted by molar-refractivity contribution is -0.384. The fourth-order valence-electron chi connectivity index (χ4n) is 1.44. The first kappa shape index (κ1) is 9.72. The molecule has 0 aromatic heterocycles. The van der Waals surface area contributed by atoms with Gasteiger partial charge in [-0.25, -0.2) is 0 Å². The molecule has 0 heterocycles. The van der Waals surface area contributed by atoms with Gasteiger partial charge in [-0.1, -0.05) is 42.4 Å². The van der Waals surface area contributed by atoms with E-state index >= 15 is 0 Å². The monoisotopic (exact) mass is 228 g/mol. The molecule has 4 heteroatoms. The van der Waals surface area contributed by atoms with Crippen molar-refractivity contribution in [2.45, 2.75) is 0 Å². The Balaban J connectivity index is 2.48. The second-order valence-corrected chi connectivity index (χ2v) is 3.41. The quantitative estimate of drug-likeness (QED) is 0.461. The number of carbonyl (C=O) groups is 1. The first-order chi connectivity index (χ1) is 8.59. The van der Waals surface area contributed by atoms with Gasteiger partial charge < -0.3 is 0 Å². The van der Waals surface area contributed by atoms with E-state index in [1.807, 2.05) is 0 Å². The maximum Gasteiger partial charge on any atom is 0.270 e. The Morgan fingerprint density at radius 1 is 1.12 bits per heavy atom. The predicted molar refractivity (Wildman–Crippen MR) is 63.0 cm³/mol. The number of non-ortho nitro benzene ring substituents is 1. The topological polar surface area (TPSA) is 60.2 Å². The van der Waals surface area contributed by atoms with E-state index in [4.69, 9.17) is 1.37 Å². The minimum Gasteiger partial charge on any atom is -0.289 e. The van der Waals surface area contributed by atoms with Crippen LogP contribution in [0.5, 0.6) is 0 Å². The molecule has 0 aliphatic carbocycles. The SMILES string of the molecule is [2H]c1ccc([N+](=O)[O-])cc1C(=O)c1ccccc1. The Labute approximate surface area is 99.1 Å². The molecule has 2 aromatic rings. The molecule has 2 aromatic carbocycles. The van der Waals surface area contributed by atoms with Crippen molar-refractivity contribution in [1.82, 2.24) is 0 Å². The highest BCUT2D eigenvalue weighted by Crippen LogP contribution is 2.16. The number of nitro benzene ring substituents is 1. The van der Waals surface area contributed by atoms with Crippen LogP contribution in [0.15, 0.2) is 54.6 Å². The molecule has 0 saturated carbocycles. The Bertz CT molecular complexity index is 611. The van der Waals surface area contributed by atoms with E-state index < -0.39 is 4.92 Å². The van der Waals surface area contributed by atoms with E-state index in [-0.39, 0.29) is 23.1 Å². The van der Waals surface area contributed by atoms with Crippen molar-refractivity contribution in [2.75, 3.05) is 0 Å². The third-order valence-electron chi connectivity index (χ3n) is 2.28. The van der Waals surface area contributed by atoms with Gasteiger partial charge in [0.15, 0.2) is 5.78 Å². The molecule has 0 amide bonds. The molecule has 0 atom stereocenters. The Morgan fingerprint density at radius 3 is 2.47 bits per heavy atom. The fourth-order valence-corrected chi connectivity index (χ4v) is 1.44. The van der Waals surface area contributed by atoms with Crippen molar-refractivity contribution in [2.24, 2.45) is 0 Å². The molecule has 17 heavy (non-hydrogen) atoms. The molecule has 0 radical (unpaired) electrons. The smallest absolute Gasteiger partial charge is 0.270 e. The lowest BCUT2D eigenvalue weighted by Gasteiger charge is -2.00. The van der Waals surface area contributed by atoms with E-state index in [1.165, 1.54) is 12.1 Å². The number of hydrogen-bond acceptors (Lipinski definition) is 3. The van der Waals surface area contributed by atoms with Gasteiger partial charge in [-0.2, -0.15) is 0 Å². The normalized spacial score (nSPS) is 10.7. The molecule has 84 valence electrons. The summed E-state index contributed by atoms with van der Waals surface area (Å²) in [7, 11) is 0. The van der Waals surface area contributed by atoms with Crippen molar-refractivity contribution in [3.8, 4) is 0 Å². The molecule has 0 N–H and O–H groups in total. The first-order valence-electron chi connectivity index (χ1n) is 5.44. The average Bonchev–Trinajstić information content (AvgIpc) is 2.39. The number of rotatable bonds is 3. The minimum absolute atomic E-state index is 0.0190. The summed E-state index contributed by atoms with van der Waals surface area (Å²) in [4.78, 5) is 22.2. The van der Waals surface area contributed by atoms with Crippen LogP contribution in [0.2, 0.25) is 0 Å². The van der Waals surface area contributed by atoms with E-state index in [0.717, 1.165) is 6.07 Å². The molecule has 4 nitrogen and oxygen atoms in total. The summed E-state index contributed by atoms with van der Waals surface area (Å²) in [5.41, 5.74) is 0.257. The fraction of sp³-hybridized carbons (Fsp3) is 0. The molecule has 0 unspecified atom stereocenters. The molecule has 2 rings (SSSR count). The van der Waals surface area contributed by atoms with Crippen LogP contribution in [0.3, 0.4) is 0 Å². The molecule has 0 aliphatic heterocycles. The third-order valence-corrected chi connectivity index (χ3v) is 2.28. The van der Waals surface area contributed by atoms with Gasteiger partial charge in [0, 0.05) is 23.3 Å². The van der Waals surface area contributed by atoms with Crippen molar-refractivity contribution in [3.05, 3.63) is 75.8 Å². The highest BCUT2D eigenvalue weighted by atomic mass is 16.6. The van der Waals surface area contributed by atoms with Gasteiger partial charge in [0.2, 0.25) is 0 Å². The Kier molecular flexibility index (Phi) is 2.61. The van der Waals surface area contributed by atoms with Crippen molar-refractivity contribution in [1.29, 1.82) is 0 Å². The second kappa shape index (κ2) is 4.57. The van der Waals surface area contributed by atoms with Crippen LogP contribution >= 0.6 is 0 Å². The van der Waals surface area contributed by atoms with Crippen molar-refractivity contribution in [3.63, 3.8) is 0 Å². The number of benzene rings is 2. The minimum atomic E-state index is -0.582. The van der Waals surface area contributed by atoms with Crippen LogP contribution in [0.1, 0.15) is 17.3 Å². The van der Waals surface area contributed by atoms with Crippen molar-refractivity contribution >= 4 is 11.5 Å². The van der Waals surface area contributed by atoms with E-state index in [1.54, 1.807) is 30.3 Å². The van der Waals surface area contributed by atoms with Crippen LogP contribution in [0.25, 0.3) is 0 Å². The standard InChI is InChI=1S/C13H9NO3/c15-13(10-5-2-1-3-6-10)11-7-4-8-12(9-11)14(16)17/h1-9H/i7D. The second-order valence-electron chi connectivity index (χ2n) is 3.41. The summed E-state index contributed by atoms with van der Waals surface area (Å²) in [6, 6.07) is 12.0. The Hall–Kier alpha value is -2.49. The molecule has 0 spiro atoms. The van der Waals surface area contributed by atoms with Gasteiger partial charge in [-0.05, 0) is 0 Å². The van der Waals surface area contributed by atoms with Gasteiger partial charge in [-0.3, -0.25) is 14.9 Å². The third kappa shape index (κ3) is 2.36. The zero-order valence-electron chi connectivity index (χ0n) is 9.79. The van der Waals surface area contributed by atoms with Crippen LogP contribution in [-0.4, -0.2) is 10.7 Å². The van der Waals surface area contributed by atoms with Crippen LogP contribution in [-0.2, 0) is 0 Å². The largest absolute Gasteiger partial charge is 0.289 e. The van der Waals surface area contributed by atoms with Crippen LogP contribution in [0.4, 0.5) is 5.69 Å². The summed E-state index contributed by atoms with van der Waals surface area (Å²) in [5, 5.41) is 10.7. The highest BCUT2D eigenvalue weighted by molar-refractivity contribution is 6.09. The van der Waals surface area contributed by atoms with E-state index in [9.17, 15) is 14.9 Å². The van der Waals surface area contributed by atoms with Gasteiger partial charge in [0.05, 0.1) is 6.29 Å². The number of nitro groups is 1. The summed E-state index contributed by atoms with van der Waals surface area (Å²) >= 11 is 0. The average molecular weight is 228 g/mol. The first-order valence-corrected chi connectivity index (χ1v) is 4.94. The molecular weight excluding hydrogens is 218 g/mol. The number of carbonyl (C=O) groups excluding carboxylic acids is 1. The summed E-state index contributed by atoms with van der Waals surface area (Å²) < 4.78 is 7.64. The van der Waals surface area contributed by atoms with Gasteiger partial charge in [0.1, 0.15) is 0 Å². The van der Waals surface area contributed by atoms with Crippen LogP contribution < -0.4 is 0 Å². The van der Waals surface area contributed by atoms with Gasteiger partial charge >= 0.3 is 0 Å². The molecule has 0 fully saturated rings. The lowest BCUT2D eigenvalue weighted by atomic mass is 10.0. The van der Waals surface area contributed by atoms with Crippen molar-refractivity contribution < 1.29 is 11.1 Å². The molecule has 0 bridgehead atoms. The molecule has 0 saturated heterocycles. The molecular formula is C13H9NO3. The highest BCUT2D eigenvalue weighted by Gasteiger charge is 2.12. The maximum atomic E-state index is 12.1. The Morgan fingerprint density at radius 2 is 1.82 bits per heavy atom. The van der Waals surface area contributed by atoms with E-state index in [2.05, 4.69) is 0 Å². The summed E-state index contributed by atoms with van der Waals surface area (Å²) in [6.45, 7) is 0. The summed E-state index contributed by atoms with van der Waals surface area (Å²) in [6.07, 6.45) is 0. The zero-order valence-corrected chi connectivity index (χ0v) is 8.79.